The van der Waals surface area contributed by atoms with Crippen LogP contribution < -0.4 is 5.32 Å². The van der Waals surface area contributed by atoms with Crippen LogP contribution in [-0.4, -0.2) is 20.1 Å². The number of hydrogen-bond donors (Lipinski definition) is 1. The second-order valence-electron chi connectivity index (χ2n) is 7.11. The molecule has 0 aliphatic rings. The smallest absolute Gasteiger partial charge is 0.221 e. The Morgan fingerprint density at radius 2 is 1.56 bits per heavy atom. The van der Waals surface area contributed by atoms with E-state index in [1.807, 2.05) is 42.5 Å². The number of nitrogens with one attached hydrogen (secondary N) is 1. The first kappa shape index (κ1) is 19.2. The normalized spacial score (nSPS) is 12.0. The number of rotatable bonds is 6. The van der Waals surface area contributed by atoms with E-state index in [1.54, 1.807) is 12.1 Å². The molecule has 2 aromatic carbocycles. The highest BCUT2D eigenvalue weighted by Crippen LogP contribution is 2.23. The minimum atomic E-state index is -3.46. The van der Waals surface area contributed by atoms with E-state index < -0.39 is 9.84 Å². The predicted octanol–water partition coefficient (Wildman–Crippen LogP) is 3.46. The van der Waals surface area contributed by atoms with E-state index in [1.165, 1.54) is 0 Å². The molecule has 1 N–H and O–H groups in total. The van der Waals surface area contributed by atoms with Gasteiger partial charge in [-0.3, -0.25) is 4.79 Å². The maximum absolute atomic E-state index is 12.4. The van der Waals surface area contributed by atoms with Gasteiger partial charge < -0.3 is 5.32 Å². The maximum atomic E-state index is 12.4. The molecule has 2 aromatic rings. The van der Waals surface area contributed by atoms with Gasteiger partial charge in [0.25, 0.3) is 0 Å². The fraction of sp³-hybridized carbons (Fsp3) is 0.350. The lowest BCUT2D eigenvalue weighted by atomic mass is 9.87. The van der Waals surface area contributed by atoms with Crippen LogP contribution in [-0.2, 0) is 26.6 Å². The minimum Gasteiger partial charge on any atom is -0.352 e. The van der Waals surface area contributed by atoms with Crippen molar-refractivity contribution in [2.45, 2.75) is 44.0 Å². The Hall–Kier alpha value is -2.14. The summed E-state index contributed by atoms with van der Waals surface area (Å²) in [5.41, 5.74) is 2.03. The highest BCUT2D eigenvalue weighted by molar-refractivity contribution is 7.91. The SMILES string of the molecule is CC(C)(C)c1ccc(S(=O)(=O)CCC(=O)NCc2ccccc2)cc1. The molecule has 0 saturated carbocycles. The molecule has 0 unspecified atom stereocenters. The molecule has 134 valence electrons. The highest BCUT2D eigenvalue weighted by Gasteiger charge is 2.18. The highest BCUT2D eigenvalue weighted by atomic mass is 32.2. The van der Waals surface area contributed by atoms with Crippen molar-refractivity contribution in [3.05, 3.63) is 65.7 Å². The van der Waals surface area contributed by atoms with Crippen molar-refractivity contribution >= 4 is 15.7 Å². The van der Waals surface area contributed by atoms with Crippen LogP contribution >= 0.6 is 0 Å². The molecule has 4 nitrogen and oxygen atoms in total. The average molecular weight is 359 g/mol. The van der Waals surface area contributed by atoms with Gasteiger partial charge in [-0.25, -0.2) is 8.42 Å². The summed E-state index contributed by atoms with van der Waals surface area (Å²) in [6.07, 6.45) is -0.0454. The summed E-state index contributed by atoms with van der Waals surface area (Å²) in [5.74, 6) is -0.457. The van der Waals surface area contributed by atoms with E-state index in [-0.39, 0.29) is 28.4 Å². The Labute approximate surface area is 150 Å². The Kier molecular flexibility index (Phi) is 6.01. The second-order valence-corrected chi connectivity index (χ2v) is 9.21. The number of sulfone groups is 1. The van der Waals surface area contributed by atoms with Gasteiger partial charge in [0.2, 0.25) is 5.91 Å². The van der Waals surface area contributed by atoms with Crippen molar-refractivity contribution in [3.63, 3.8) is 0 Å². The van der Waals surface area contributed by atoms with Crippen LogP contribution in [0.1, 0.15) is 38.3 Å². The van der Waals surface area contributed by atoms with E-state index in [4.69, 9.17) is 0 Å². The first-order chi connectivity index (χ1) is 11.7. The molecule has 0 atom stereocenters. The monoisotopic (exact) mass is 359 g/mol. The van der Waals surface area contributed by atoms with E-state index in [9.17, 15) is 13.2 Å². The topological polar surface area (TPSA) is 63.2 Å². The van der Waals surface area contributed by atoms with Gasteiger partial charge in [-0.15, -0.1) is 0 Å². The third-order valence-electron chi connectivity index (χ3n) is 4.01. The van der Waals surface area contributed by atoms with Gasteiger partial charge in [-0.1, -0.05) is 63.2 Å². The van der Waals surface area contributed by atoms with Gasteiger partial charge in [0.1, 0.15) is 0 Å². The molecular weight excluding hydrogens is 334 g/mol. The largest absolute Gasteiger partial charge is 0.352 e. The van der Waals surface area contributed by atoms with Gasteiger partial charge >= 0.3 is 0 Å². The first-order valence-corrected chi connectivity index (χ1v) is 9.98. The summed E-state index contributed by atoms with van der Waals surface area (Å²) in [7, 11) is -3.46. The molecule has 0 aliphatic heterocycles. The molecule has 0 heterocycles. The maximum Gasteiger partial charge on any atom is 0.221 e. The summed E-state index contributed by atoms with van der Waals surface area (Å²) in [4.78, 5) is 12.2. The molecule has 0 radical (unpaired) electrons. The zero-order valence-corrected chi connectivity index (χ0v) is 15.8. The summed E-state index contributed by atoms with van der Waals surface area (Å²) < 4.78 is 24.8. The summed E-state index contributed by atoms with van der Waals surface area (Å²) in [5, 5.41) is 2.75. The van der Waals surface area contributed by atoms with E-state index >= 15 is 0 Å². The minimum absolute atomic E-state index is 0.0282. The molecule has 0 fully saturated rings. The second kappa shape index (κ2) is 7.83. The zero-order chi connectivity index (χ0) is 18.5. The predicted molar refractivity (Wildman–Crippen MR) is 100 cm³/mol. The van der Waals surface area contributed by atoms with Crippen molar-refractivity contribution in [1.82, 2.24) is 5.32 Å². The molecule has 25 heavy (non-hydrogen) atoms. The van der Waals surface area contributed by atoms with Crippen LogP contribution in [0, 0.1) is 0 Å². The quantitative estimate of drug-likeness (QED) is 0.859. The zero-order valence-electron chi connectivity index (χ0n) is 15.0. The van der Waals surface area contributed by atoms with Crippen molar-refractivity contribution < 1.29 is 13.2 Å². The van der Waals surface area contributed by atoms with E-state index in [0.717, 1.165) is 11.1 Å². The van der Waals surface area contributed by atoms with Crippen LogP contribution in [0.25, 0.3) is 0 Å². The van der Waals surface area contributed by atoms with Gasteiger partial charge in [-0.05, 0) is 28.7 Å². The van der Waals surface area contributed by atoms with E-state index in [0.29, 0.717) is 6.54 Å². The molecule has 0 spiro atoms. The van der Waals surface area contributed by atoms with Gasteiger partial charge in [0.05, 0.1) is 10.6 Å². The average Bonchev–Trinajstić information content (AvgIpc) is 2.58. The third-order valence-corrected chi connectivity index (χ3v) is 5.74. The lowest BCUT2D eigenvalue weighted by molar-refractivity contribution is -0.120. The molecular formula is C20H25NO3S. The molecule has 0 aliphatic carbocycles. The number of benzene rings is 2. The lowest BCUT2D eigenvalue weighted by Crippen LogP contribution is -2.25. The summed E-state index contributed by atoms with van der Waals surface area (Å²) in [6.45, 7) is 6.63. The van der Waals surface area contributed by atoms with Crippen LogP contribution in [0.5, 0.6) is 0 Å². The van der Waals surface area contributed by atoms with Gasteiger partial charge in [0.15, 0.2) is 9.84 Å². The van der Waals surface area contributed by atoms with Crippen molar-refractivity contribution in [2.24, 2.45) is 0 Å². The molecule has 2 rings (SSSR count). The Morgan fingerprint density at radius 1 is 0.960 bits per heavy atom. The Balaban J connectivity index is 1.91. The lowest BCUT2D eigenvalue weighted by Gasteiger charge is -2.19. The molecule has 0 bridgehead atoms. The molecule has 0 saturated heterocycles. The van der Waals surface area contributed by atoms with E-state index in [2.05, 4.69) is 26.1 Å². The number of amides is 1. The van der Waals surface area contributed by atoms with Crippen LogP contribution in [0.15, 0.2) is 59.5 Å². The fourth-order valence-electron chi connectivity index (χ4n) is 2.39. The number of carbonyl (C=O) groups excluding carboxylic acids is 1. The van der Waals surface area contributed by atoms with Gasteiger partial charge in [0, 0.05) is 13.0 Å². The van der Waals surface area contributed by atoms with Gasteiger partial charge in [-0.2, -0.15) is 0 Å². The van der Waals surface area contributed by atoms with Crippen molar-refractivity contribution in [2.75, 3.05) is 5.75 Å². The van der Waals surface area contributed by atoms with Crippen LogP contribution in [0.2, 0.25) is 0 Å². The first-order valence-electron chi connectivity index (χ1n) is 8.32. The van der Waals surface area contributed by atoms with Crippen LogP contribution in [0.4, 0.5) is 0 Å². The number of carbonyl (C=O) groups is 1. The fourth-order valence-corrected chi connectivity index (χ4v) is 3.63. The molecule has 1 amide bonds. The summed E-state index contributed by atoms with van der Waals surface area (Å²) >= 11 is 0. The molecule has 5 heteroatoms. The Morgan fingerprint density at radius 3 is 2.12 bits per heavy atom. The standard InChI is InChI=1S/C20H25NO3S/c1-20(2,3)17-9-11-18(12-10-17)25(23,24)14-13-19(22)21-15-16-7-5-4-6-8-16/h4-12H,13-15H2,1-3H3,(H,21,22). The van der Waals surface area contributed by atoms with Crippen molar-refractivity contribution in [1.29, 1.82) is 0 Å². The van der Waals surface area contributed by atoms with Crippen molar-refractivity contribution in [3.8, 4) is 0 Å². The third kappa shape index (κ3) is 5.71. The number of hydrogen-bond acceptors (Lipinski definition) is 3. The Bertz CT molecular complexity index is 804. The molecule has 0 aromatic heterocycles. The summed E-state index contributed by atoms with van der Waals surface area (Å²) in [6, 6.07) is 16.4. The van der Waals surface area contributed by atoms with Crippen LogP contribution in [0.3, 0.4) is 0 Å².